The third kappa shape index (κ3) is 4.33. The topological polar surface area (TPSA) is 18.5 Å². The van der Waals surface area contributed by atoms with Gasteiger partial charge in [0.25, 0.3) is 0 Å². The molecule has 0 radical (unpaired) electrons. The average molecular weight is 305 g/mol. The zero-order chi connectivity index (χ0) is 14.9. The number of alkyl halides is 3. The number of hydrogen-bond acceptors (Lipinski definition) is 3. The van der Waals surface area contributed by atoms with E-state index in [0.717, 1.165) is 18.9 Å². The van der Waals surface area contributed by atoms with Gasteiger partial charge in [-0.3, -0.25) is 4.90 Å². The standard InChI is InChI=1S/C15H26F3N3/c16-15(17,18)11-20-7-3-12(4-8-20)19-13-5-9-21-6-1-2-14(21)10-13/h12-14,19H,1-11H2. The van der Waals surface area contributed by atoms with Gasteiger partial charge in [-0.05, 0) is 64.7 Å². The molecule has 3 saturated heterocycles. The molecule has 6 heteroatoms. The summed E-state index contributed by atoms with van der Waals surface area (Å²) in [6, 6.07) is 1.73. The zero-order valence-electron chi connectivity index (χ0n) is 12.5. The monoisotopic (exact) mass is 305 g/mol. The molecule has 3 heterocycles. The van der Waals surface area contributed by atoms with Crippen molar-refractivity contribution < 1.29 is 13.2 Å². The van der Waals surface area contributed by atoms with Crippen molar-refractivity contribution in [1.82, 2.24) is 15.1 Å². The summed E-state index contributed by atoms with van der Waals surface area (Å²) in [6.45, 7) is 2.83. The molecule has 0 saturated carbocycles. The van der Waals surface area contributed by atoms with Crippen molar-refractivity contribution in [3.05, 3.63) is 0 Å². The lowest BCUT2D eigenvalue weighted by Gasteiger charge is -2.39. The molecule has 2 atom stereocenters. The van der Waals surface area contributed by atoms with E-state index in [1.54, 1.807) is 0 Å². The Balaban J connectivity index is 1.39. The molecule has 3 rings (SSSR count). The summed E-state index contributed by atoms with van der Waals surface area (Å²) in [4.78, 5) is 4.14. The maximum absolute atomic E-state index is 12.4. The molecule has 2 unspecified atom stereocenters. The van der Waals surface area contributed by atoms with Crippen molar-refractivity contribution >= 4 is 0 Å². The summed E-state index contributed by atoms with van der Waals surface area (Å²) >= 11 is 0. The van der Waals surface area contributed by atoms with E-state index in [0.29, 0.717) is 25.2 Å². The van der Waals surface area contributed by atoms with Gasteiger partial charge in [0.1, 0.15) is 0 Å². The van der Waals surface area contributed by atoms with Gasteiger partial charge in [0.2, 0.25) is 0 Å². The molecule has 122 valence electrons. The Morgan fingerprint density at radius 2 is 1.62 bits per heavy atom. The summed E-state index contributed by atoms with van der Waals surface area (Å²) in [5, 5.41) is 3.72. The molecule has 0 amide bonds. The number of hydrogen-bond donors (Lipinski definition) is 1. The second-order valence-electron chi connectivity index (χ2n) is 6.89. The Morgan fingerprint density at radius 3 is 2.33 bits per heavy atom. The SMILES string of the molecule is FC(F)(F)CN1CCC(NC2CCN3CCCC3C2)CC1. The smallest absolute Gasteiger partial charge is 0.311 e. The molecule has 0 bridgehead atoms. The van der Waals surface area contributed by atoms with Gasteiger partial charge in [-0.15, -0.1) is 0 Å². The second-order valence-corrected chi connectivity index (χ2v) is 6.89. The van der Waals surface area contributed by atoms with E-state index in [1.807, 2.05) is 0 Å². The maximum Gasteiger partial charge on any atom is 0.401 e. The maximum atomic E-state index is 12.4. The van der Waals surface area contributed by atoms with Crippen molar-refractivity contribution in [3.63, 3.8) is 0 Å². The molecular weight excluding hydrogens is 279 g/mol. The van der Waals surface area contributed by atoms with Crippen LogP contribution in [0.4, 0.5) is 13.2 Å². The number of fused-ring (bicyclic) bond motifs is 1. The molecule has 1 N–H and O–H groups in total. The van der Waals surface area contributed by atoms with Crippen LogP contribution in [-0.4, -0.2) is 66.8 Å². The largest absolute Gasteiger partial charge is 0.401 e. The summed E-state index contributed by atoms with van der Waals surface area (Å²) in [7, 11) is 0. The minimum absolute atomic E-state index is 0.410. The van der Waals surface area contributed by atoms with Gasteiger partial charge in [0, 0.05) is 18.1 Å². The van der Waals surface area contributed by atoms with Crippen molar-refractivity contribution in [2.45, 2.75) is 62.8 Å². The predicted molar refractivity (Wildman–Crippen MR) is 76.3 cm³/mol. The molecule has 3 aliphatic rings. The van der Waals surface area contributed by atoms with Crippen molar-refractivity contribution in [2.24, 2.45) is 0 Å². The third-order valence-corrected chi connectivity index (χ3v) is 5.28. The van der Waals surface area contributed by atoms with Gasteiger partial charge < -0.3 is 10.2 Å². The van der Waals surface area contributed by atoms with Gasteiger partial charge in [-0.1, -0.05) is 0 Å². The highest BCUT2D eigenvalue weighted by atomic mass is 19.4. The highest BCUT2D eigenvalue weighted by Crippen LogP contribution is 2.28. The van der Waals surface area contributed by atoms with Crippen LogP contribution in [0.1, 0.15) is 38.5 Å². The number of halogens is 3. The van der Waals surface area contributed by atoms with Gasteiger partial charge in [0.05, 0.1) is 6.54 Å². The lowest BCUT2D eigenvalue weighted by Crippen LogP contribution is -2.52. The highest BCUT2D eigenvalue weighted by Gasteiger charge is 2.35. The van der Waals surface area contributed by atoms with Crippen LogP contribution >= 0.6 is 0 Å². The van der Waals surface area contributed by atoms with Crippen molar-refractivity contribution in [2.75, 3.05) is 32.7 Å². The molecule has 21 heavy (non-hydrogen) atoms. The lowest BCUT2D eigenvalue weighted by molar-refractivity contribution is -0.148. The molecule has 0 aromatic rings. The molecule has 3 aliphatic heterocycles. The van der Waals surface area contributed by atoms with E-state index in [4.69, 9.17) is 0 Å². The lowest BCUT2D eigenvalue weighted by atomic mass is 9.95. The van der Waals surface area contributed by atoms with Crippen LogP contribution in [0.3, 0.4) is 0 Å². The Morgan fingerprint density at radius 1 is 0.905 bits per heavy atom. The van der Waals surface area contributed by atoms with Crippen LogP contribution in [0.2, 0.25) is 0 Å². The normalized spacial score (nSPS) is 33.3. The Bertz CT molecular complexity index is 340. The van der Waals surface area contributed by atoms with Gasteiger partial charge >= 0.3 is 6.18 Å². The van der Waals surface area contributed by atoms with Crippen LogP contribution in [0.25, 0.3) is 0 Å². The average Bonchev–Trinajstić information content (AvgIpc) is 2.87. The van der Waals surface area contributed by atoms with E-state index in [2.05, 4.69) is 10.2 Å². The van der Waals surface area contributed by atoms with Crippen molar-refractivity contribution in [3.8, 4) is 0 Å². The molecule has 0 aliphatic carbocycles. The number of likely N-dealkylation sites (tertiary alicyclic amines) is 1. The van der Waals surface area contributed by atoms with E-state index >= 15 is 0 Å². The van der Waals surface area contributed by atoms with E-state index in [1.165, 1.54) is 43.7 Å². The number of piperidine rings is 2. The summed E-state index contributed by atoms with van der Waals surface area (Å²) in [5.41, 5.74) is 0. The first kappa shape index (κ1) is 15.6. The molecule has 3 nitrogen and oxygen atoms in total. The van der Waals surface area contributed by atoms with Gasteiger partial charge in [0.15, 0.2) is 0 Å². The first-order valence-corrected chi connectivity index (χ1v) is 8.29. The van der Waals surface area contributed by atoms with Crippen LogP contribution in [-0.2, 0) is 0 Å². The van der Waals surface area contributed by atoms with Gasteiger partial charge in [-0.25, -0.2) is 0 Å². The third-order valence-electron chi connectivity index (χ3n) is 5.28. The fraction of sp³-hybridized carbons (Fsp3) is 1.00. The first-order valence-electron chi connectivity index (χ1n) is 8.29. The molecule has 0 aromatic heterocycles. The molecule has 0 spiro atoms. The van der Waals surface area contributed by atoms with Crippen LogP contribution in [0.5, 0.6) is 0 Å². The van der Waals surface area contributed by atoms with Crippen LogP contribution in [0.15, 0.2) is 0 Å². The van der Waals surface area contributed by atoms with Crippen LogP contribution < -0.4 is 5.32 Å². The highest BCUT2D eigenvalue weighted by molar-refractivity contribution is 4.91. The zero-order valence-corrected chi connectivity index (χ0v) is 12.5. The first-order chi connectivity index (χ1) is 9.99. The summed E-state index contributed by atoms with van der Waals surface area (Å²) < 4.78 is 37.1. The Hall–Kier alpha value is -0.330. The second kappa shape index (κ2) is 6.42. The minimum atomic E-state index is -4.06. The Kier molecular flexibility index (Phi) is 4.76. The predicted octanol–water partition coefficient (Wildman–Crippen LogP) is 2.23. The summed E-state index contributed by atoms with van der Waals surface area (Å²) in [5.74, 6) is 0. The molecular formula is C15H26F3N3. The van der Waals surface area contributed by atoms with E-state index in [-0.39, 0.29) is 0 Å². The summed E-state index contributed by atoms with van der Waals surface area (Å²) in [6.07, 6.45) is 2.70. The van der Waals surface area contributed by atoms with Crippen molar-refractivity contribution in [1.29, 1.82) is 0 Å². The van der Waals surface area contributed by atoms with E-state index < -0.39 is 12.7 Å². The molecule has 0 aromatic carbocycles. The quantitative estimate of drug-likeness (QED) is 0.862. The fourth-order valence-corrected chi connectivity index (χ4v) is 4.22. The van der Waals surface area contributed by atoms with Crippen LogP contribution in [0, 0.1) is 0 Å². The fourth-order valence-electron chi connectivity index (χ4n) is 4.22. The Labute approximate surface area is 124 Å². The number of nitrogens with zero attached hydrogens (tertiary/aromatic N) is 2. The number of nitrogens with one attached hydrogen (secondary N) is 1. The van der Waals surface area contributed by atoms with Gasteiger partial charge in [-0.2, -0.15) is 13.2 Å². The molecule has 3 fully saturated rings. The number of rotatable bonds is 3. The van der Waals surface area contributed by atoms with E-state index in [9.17, 15) is 13.2 Å². The minimum Gasteiger partial charge on any atom is -0.311 e.